The predicted molar refractivity (Wildman–Crippen MR) is 555 cm³/mol. The van der Waals surface area contributed by atoms with Crippen molar-refractivity contribution in [3.63, 3.8) is 0 Å². The molecule has 1 aliphatic heterocycles. The average Bonchev–Trinajstić information content (AvgIpc) is 1.51. The van der Waals surface area contributed by atoms with Crippen molar-refractivity contribution in [1.29, 1.82) is 0 Å². The molecule has 139 heavy (non-hydrogen) atoms. The van der Waals surface area contributed by atoms with E-state index < -0.39 is 12.6 Å². The number of aromatic nitrogens is 11. The minimum Gasteiger partial charge on any atom is -0.497 e. The van der Waals surface area contributed by atoms with E-state index in [1.54, 1.807) is 43.4 Å². The standard InChI is InChI=1S/C24H32ClN5O3.C20H21ClN4O2S.C20H23N3O4S.C19H21ClN2O3.C19H24N4O2/c1-15(2)27-24-29-19(14-32-24)18-13-21(33-16(3)4)17-5-6-20(22(25)23(17)28-18)31-12-11-30-9-7-26-8-10-30;1-11(2)23-20-25-15(9-28-20)14-8-17(27-12(3)4)13-6-7-16(26-10-22-5)18(21)19(13)24-14;1-11(2)21-20-23-17(10-28-20)16-8-18(27-12(3)4)14-6-5-13(7-15(14)22-16)26-9-19(24)25;1-10(2)16-9-14(22-25-16)13-8-17(24-11(3)4)12-6-7-15(23-5)18(20)19(12)21-13;1-12(2)20-18-8-9-23(22-18)19-11-17(25-13(3)4)15-7-6-14(24-5)10-16(15)21-19/h5-6,13-16,26H,7-12H2,1-4H3,(H,27,29);6-9,11-12H,10H2,1-4H3,(H,23,25);5-8,10-12H,9H2,1-4H3,(H,21,23)(H,24,25);6-11H,1-5H3;6-13H,1-5H3,(H,20,22). The molecule has 0 aliphatic carbocycles. The smallest absolute Gasteiger partial charge is 0.357 e. The van der Waals surface area contributed by atoms with E-state index >= 15 is 0 Å². The number of oxazole rings is 1. The average molecular weight is 1990 g/mol. The number of fused-ring (bicyclic) bond motifs is 5. The van der Waals surface area contributed by atoms with Crippen LogP contribution in [0.25, 0.3) is 111 Å². The number of hydrogen-bond donors (Lipinski definition) is 6. The monoisotopic (exact) mass is 1990 g/mol. The van der Waals surface area contributed by atoms with E-state index in [1.165, 1.54) is 22.7 Å². The number of anilines is 4. The third kappa shape index (κ3) is 28.9. The number of hydrogen-bond acceptors (Lipinski definition) is 31. The maximum atomic E-state index is 10.8. The predicted octanol–water partition coefficient (Wildman–Crippen LogP) is 24.2. The molecule has 37 heteroatoms. The van der Waals surface area contributed by atoms with Gasteiger partial charge in [-0.25, -0.2) is 50.9 Å². The van der Waals surface area contributed by atoms with Crippen LogP contribution in [0.15, 0.2) is 147 Å². The lowest BCUT2D eigenvalue weighted by atomic mass is 10.1. The zero-order valence-electron chi connectivity index (χ0n) is 82.2. The van der Waals surface area contributed by atoms with E-state index in [9.17, 15) is 4.79 Å². The molecule has 6 N–H and O–H groups in total. The van der Waals surface area contributed by atoms with Gasteiger partial charge in [0.05, 0.1) is 95.1 Å². The SMILES string of the molecule is CC(C)Nc1nc(-c2cc(OC(C)C)c3ccc(OCC(=O)O)cc3n2)cs1.CC(C)Nc1nc(-c2cc(OC(C)C)c3ccc(OCCN4CCNCC4)c(Cl)c3n2)co1.COc1ccc2c(OC(C)C)cc(-c3cc(C(C)C)on3)nc2c1Cl.COc1ccc2c(OC(C)C)cc(-n3ccc(NC(C)C)n3)nc2c1.[C-]#[N+]COc1ccc2c(OC(C)C)cc(-c3csc(NC(C)C)n3)nc2c1Cl. The first kappa shape index (κ1) is 105. The Labute approximate surface area is 832 Å². The van der Waals surface area contributed by atoms with Crippen molar-refractivity contribution in [1.82, 2.24) is 65.0 Å². The van der Waals surface area contributed by atoms with Gasteiger partial charge in [0.25, 0.3) is 6.01 Å². The molecule has 11 heterocycles. The molecule has 1 saturated heterocycles. The third-order valence-corrected chi connectivity index (χ3v) is 22.6. The molecule has 0 spiro atoms. The number of carbonyl (C=O) groups is 1. The Morgan fingerprint density at radius 2 is 0.928 bits per heavy atom. The quantitative estimate of drug-likeness (QED) is 0.0201. The van der Waals surface area contributed by atoms with Crippen molar-refractivity contribution in [2.75, 3.05) is 88.2 Å². The first-order chi connectivity index (χ1) is 66.5. The fourth-order valence-corrected chi connectivity index (χ4v) is 16.6. The number of piperazine rings is 1. The second kappa shape index (κ2) is 49.0. The molecule has 32 nitrogen and oxygen atoms in total. The highest BCUT2D eigenvalue weighted by Crippen LogP contribution is 2.44. The van der Waals surface area contributed by atoms with Gasteiger partial charge in [0, 0.05) is 161 Å². The second-order valence-electron chi connectivity index (χ2n) is 35.2. The summed E-state index contributed by atoms with van der Waals surface area (Å²) in [6.07, 6.45) is 3.53. The normalized spacial score (nSPS) is 12.1. The van der Waals surface area contributed by atoms with Crippen molar-refractivity contribution in [2.24, 2.45) is 0 Å². The van der Waals surface area contributed by atoms with Crippen LogP contribution in [0.3, 0.4) is 0 Å². The summed E-state index contributed by atoms with van der Waals surface area (Å²) in [6, 6.07) is 37.0. The minimum atomic E-state index is -1.03. The van der Waals surface area contributed by atoms with Gasteiger partial charge in [0.2, 0.25) is 0 Å². The molecule has 0 bridgehead atoms. The summed E-state index contributed by atoms with van der Waals surface area (Å²) >= 11 is 22.8. The van der Waals surface area contributed by atoms with Gasteiger partial charge >= 0.3 is 12.7 Å². The maximum Gasteiger partial charge on any atom is 0.357 e. The number of carboxylic acid groups (broad SMARTS) is 1. The van der Waals surface area contributed by atoms with Crippen LogP contribution in [0.2, 0.25) is 15.1 Å². The van der Waals surface area contributed by atoms with Gasteiger partial charge in [-0.2, -0.15) is 4.98 Å². The lowest BCUT2D eigenvalue weighted by Crippen LogP contribution is -2.44. The number of thiazole rings is 2. The second-order valence-corrected chi connectivity index (χ2v) is 38.1. The first-order valence-electron chi connectivity index (χ1n) is 46.0. The van der Waals surface area contributed by atoms with Crippen LogP contribution in [0.5, 0.6) is 57.5 Å². The largest absolute Gasteiger partial charge is 0.497 e. The first-order valence-corrected chi connectivity index (χ1v) is 48.9. The lowest BCUT2D eigenvalue weighted by Gasteiger charge is -2.27. The van der Waals surface area contributed by atoms with E-state index in [4.69, 9.17) is 123 Å². The summed E-state index contributed by atoms with van der Waals surface area (Å²) in [4.78, 5) is 53.7. The number of carboxylic acids is 1. The van der Waals surface area contributed by atoms with Crippen LogP contribution < -0.4 is 74.0 Å². The van der Waals surface area contributed by atoms with Crippen LogP contribution in [-0.2, 0) is 4.79 Å². The van der Waals surface area contributed by atoms with E-state index in [1.807, 2.05) is 211 Å². The summed E-state index contributed by atoms with van der Waals surface area (Å²) in [7, 11) is 3.23. The number of nitrogens with zero attached hydrogens (tertiary/aromatic N) is 13. The van der Waals surface area contributed by atoms with E-state index in [2.05, 4.69) is 108 Å². The van der Waals surface area contributed by atoms with Crippen molar-refractivity contribution >= 4 is 140 Å². The van der Waals surface area contributed by atoms with Gasteiger partial charge in [0.15, 0.2) is 22.7 Å². The summed E-state index contributed by atoms with van der Waals surface area (Å²) in [6.45, 7) is 52.2. The highest BCUT2D eigenvalue weighted by Gasteiger charge is 2.25. The lowest BCUT2D eigenvalue weighted by molar-refractivity contribution is -0.139. The van der Waals surface area contributed by atoms with Gasteiger partial charge in [-0.05, 0) is 185 Å². The van der Waals surface area contributed by atoms with Crippen LogP contribution >= 0.6 is 57.5 Å². The minimum absolute atomic E-state index is 0.00464. The molecule has 0 amide bonds. The highest BCUT2D eigenvalue weighted by molar-refractivity contribution is 7.14. The zero-order valence-corrected chi connectivity index (χ0v) is 86.1. The van der Waals surface area contributed by atoms with Crippen molar-refractivity contribution in [3.8, 4) is 109 Å². The van der Waals surface area contributed by atoms with Crippen LogP contribution in [0.1, 0.15) is 150 Å². The molecule has 1 aliphatic rings. The summed E-state index contributed by atoms with van der Waals surface area (Å²) < 4.78 is 70.1. The highest BCUT2D eigenvalue weighted by atomic mass is 35.5. The molecule has 1 fully saturated rings. The number of rotatable bonds is 35. The summed E-state index contributed by atoms with van der Waals surface area (Å²) in [5, 5.41) is 44.9. The molecule has 10 aromatic heterocycles. The van der Waals surface area contributed by atoms with E-state index in [0.717, 1.165) is 110 Å². The molecule has 5 aromatic carbocycles. The molecule has 736 valence electrons. The fourth-order valence-electron chi connectivity index (χ4n) is 14.0. The Morgan fingerprint density at radius 3 is 1.41 bits per heavy atom. The summed E-state index contributed by atoms with van der Waals surface area (Å²) in [5.41, 5.74) is 8.63. The number of nitrogens with one attached hydrogen (secondary N) is 5. The van der Waals surface area contributed by atoms with Crippen molar-refractivity contribution < 1.29 is 66.2 Å². The number of benzene rings is 5. The topological polar surface area (TPSA) is 357 Å². The van der Waals surface area contributed by atoms with Gasteiger partial charge in [0.1, 0.15) is 120 Å². The Kier molecular flexibility index (Phi) is 37.0. The fraction of sp³-hybridized carbons (Fsp3) is 0.392. The molecular weight excluding hydrogens is 1870 g/mol. The number of halogens is 3. The van der Waals surface area contributed by atoms with Crippen molar-refractivity contribution in [3.05, 3.63) is 171 Å². The molecule has 15 aromatic rings. The number of aliphatic carboxylic acids is 1. The van der Waals surface area contributed by atoms with Gasteiger partial charge in [-0.1, -0.05) is 53.8 Å². The summed E-state index contributed by atoms with van der Waals surface area (Å²) in [5.74, 6) is 7.90. The van der Waals surface area contributed by atoms with Crippen LogP contribution in [0.4, 0.5) is 22.1 Å². The molecular formula is C102H121Cl3N18O14S2. The van der Waals surface area contributed by atoms with E-state index in [-0.39, 0.29) is 55.3 Å². The Hall–Kier alpha value is -13.0. The van der Waals surface area contributed by atoms with Crippen LogP contribution in [-0.4, -0.2) is 192 Å². The number of ether oxygens (including phenoxy) is 10. The van der Waals surface area contributed by atoms with Gasteiger partial charge in [-0.15, -0.1) is 27.8 Å². The van der Waals surface area contributed by atoms with Crippen molar-refractivity contribution in [2.45, 2.75) is 199 Å². The van der Waals surface area contributed by atoms with Gasteiger partial charge in [-0.3, -0.25) is 9.74 Å². The maximum absolute atomic E-state index is 10.8. The van der Waals surface area contributed by atoms with Gasteiger partial charge < -0.3 is 88.0 Å². The molecule has 16 rings (SSSR count). The molecule has 0 radical (unpaired) electrons. The zero-order chi connectivity index (χ0) is 100. The third-order valence-electron chi connectivity index (χ3n) is 20.0. The van der Waals surface area contributed by atoms with E-state index in [0.29, 0.717) is 148 Å². The molecule has 0 atom stereocenters. The molecule has 0 saturated carbocycles. The van der Waals surface area contributed by atoms with Crippen LogP contribution in [0, 0.1) is 6.57 Å². The molecule has 0 unspecified atom stereocenters. The Bertz CT molecular complexity index is 6710. The number of pyridine rings is 5. The Morgan fingerprint density at radius 1 is 0.475 bits per heavy atom. The Balaban J connectivity index is 0.000000156. The number of methoxy groups -OCH3 is 2.